The first kappa shape index (κ1) is 19.5. The minimum absolute atomic E-state index is 0.00906. The SMILES string of the molecule is CCN1C(=C/C=C/C2=[N+](CC)c3ccccc3C2(C)C)N(CC)c2ccccc21. The summed E-state index contributed by atoms with van der Waals surface area (Å²) in [4.78, 5) is 4.81. The molecule has 0 bridgehead atoms. The first-order chi connectivity index (χ1) is 14.0. The second kappa shape index (κ2) is 7.55. The van der Waals surface area contributed by atoms with E-state index in [-0.39, 0.29) is 5.41 Å². The Balaban J connectivity index is 1.72. The molecule has 29 heavy (non-hydrogen) atoms. The Morgan fingerprint density at radius 2 is 1.45 bits per heavy atom. The van der Waals surface area contributed by atoms with Crippen molar-refractivity contribution in [2.75, 3.05) is 29.4 Å². The van der Waals surface area contributed by atoms with E-state index in [1.54, 1.807) is 0 Å². The molecule has 2 aliphatic rings. The Morgan fingerprint density at radius 1 is 0.862 bits per heavy atom. The zero-order valence-electron chi connectivity index (χ0n) is 18.3. The average molecular weight is 387 g/mol. The molecule has 0 unspecified atom stereocenters. The molecule has 0 N–H and O–H groups in total. The van der Waals surface area contributed by atoms with Crippen LogP contribution in [-0.2, 0) is 5.41 Å². The molecule has 0 radical (unpaired) electrons. The number of benzene rings is 2. The fraction of sp³-hybridized carbons (Fsp3) is 0.346. The van der Waals surface area contributed by atoms with E-state index in [4.69, 9.17) is 0 Å². The highest BCUT2D eigenvalue weighted by Gasteiger charge is 2.43. The van der Waals surface area contributed by atoms with Crippen LogP contribution in [0.15, 0.2) is 72.6 Å². The average Bonchev–Trinajstić information content (AvgIpc) is 3.16. The van der Waals surface area contributed by atoms with Crippen molar-refractivity contribution in [2.24, 2.45) is 0 Å². The van der Waals surface area contributed by atoms with Gasteiger partial charge in [0.05, 0.1) is 16.8 Å². The molecule has 2 heterocycles. The van der Waals surface area contributed by atoms with Crippen molar-refractivity contribution < 1.29 is 4.58 Å². The van der Waals surface area contributed by atoms with Gasteiger partial charge in [-0.15, -0.1) is 0 Å². The van der Waals surface area contributed by atoms with Crippen molar-refractivity contribution in [3.63, 3.8) is 0 Å². The molecule has 0 aliphatic carbocycles. The monoisotopic (exact) mass is 386 g/mol. The summed E-state index contributed by atoms with van der Waals surface area (Å²) in [6, 6.07) is 17.5. The topological polar surface area (TPSA) is 9.49 Å². The number of nitrogens with zero attached hydrogens (tertiary/aromatic N) is 3. The van der Waals surface area contributed by atoms with Crippen LogP contribution in [0.25, 0.3) is 0 Å². The molecule has 2 aliphatic heterocycles. The largest absolute Gasteiger partial charge is 0.326 e. The van der Waals surface area contributed by atoms with Gasteiger partial charge < -0.3 is 9.80 Å². The van der Waals surface area contributed by atoms with E-state index in [0.717, 1.165) is 19.6 Å². The van der Waals surface area contributed by atoms with Crippen LogP contribution >= 0.6 is 0 Å². The summed E-state index contributed by atoms with van der Waals surface area (Å²) in [6.07, 6.45) is 6.81. The highest BCUT2D eigenvalue weighted by Crippen LogP contribution is 2.42. The van der Waals surface area contributed by atoms with Gasteiger partial charge in [-0.3, -0.25) is 0 Å². The van der Waals surface area contributed by atoms with Gasteiger partial charge in [0.1, 0.15) is 12.4 Å². The molecule has 0 amide bonds. The van der Waals surface area contributed by atoms with Crippen molar-refractivity contribution >= 4 is 22.8 Å². The summed E-state index contributed by atoms with van der Waals surface area (Å²) < 4.78 is 2.45. The summed E-state index contributed by atoms with van der Waals surface area (Å²) in [5.41, 5.74) is 6.72. The van der Waals surface area contributed by atoms with E-state index in [0.29, 0.717) is 0 Å². The van der Waals surface area contributed by atoms with E-state index in [1.165, 1.54) is 34.2 Å². The first-order valence-corrected chi connectivity index (χ1v) is 10.8. The van der Waals surface area contributed by atoms with Crippen molar-refractivity contribution in [1.82, 2.24) is 0 Å². The second-order valence-electron chi connectivity index (χ2n) is 8.13. The molecular weight excluding hydrogens is 354 g/mol. The highest BCUT2D eigenvalue weighted by atomic mass is 15.4. The number of anilines is 2. The Bertz CT molecular complexity index is 977. The zero-order valence-corrected chi connectivity index (χ0v) is 18.3. The van der Waals surface area contributed by atoms with Crippen molar-refractivity contribution in [3.8, 4) is 0 Å². The molecule has 0 fully saturated rings. The Morgan fingerprint density at radius 3 is 2.03 bits per heavy atom. The quantitative estimate of drug-likeness (QED) is 0.597. The van der Waals surface area contributed by atoms with Crippen LogP contribution in [0.2, 0.25) is 0 Å². The maximum Gasteiger partial charge on any atom is 0.209 e. The Kier molecular flexibility index (Phi) is 5.08. The molecular formula is C26H32N3+. The number of allylic oxidation sites excluding steroid dienone is 3. The van der Waals surface area contributed by atoms with Crippen LogP contribution < -0.4 is 9.80 Å². The van der Waals surface area contributed by atoms with Crippen LogP contribution in [-0.4, -0.2) is 29.9 Å². The first-order valence-electron chi connectivity index (χ1n) is 10.8. The molecule has 0 saturated carbocycles. The fourth-order valence-electron chi connectivity index (χ4n) is 4.86. The molecule has 2 aromatic carbocycles. The van der Waals surface area contributed by atoms with E-state index in [9.17, 15) is 0 Å². The van der Waals surface area contributed by atoms with E-state index < -0.39 is 0 Å². The Hall–Kier alpha value is -2.81. The standard InChI is InChI=1S/C26H32N3/c1-6-27-21-15-10-9-14-20(21)26(4,5)24(27)18-13-19-25-28(7-2)22-16-11-12-17-23(22)29(25)8-3/h9-19H,6-8H2,1-5H3/q+1. The lowest BCUT2D eigenvalue weighted by molar-refractivity contribution is -0.433. The molecule has 0 atom stereocenters. The van der Waals surface area contributed by atoms with Gasteiger partial charge in [-0.05, 0) is 52.8 Å². The van der Waals surface area contributed by atoms with Crippen LogP contribution in [0.1, 0.15) is 40.2 Å². The van der Waals surface area contributed by atoms with Crippen LogP contribution in [0.3, 0.4) is 0 Å². The molecule has 2 aromatic rings. The fourth-order valence-corrected chi connectivity index (χ4v) is 4.86. The lowest BCUT2D eigenvalue weighted by atomic mass is 9.81. The van der Waals surface area contributed by atoms with Crippen LogP contribution in [0.4, 0.5) is 17.1 Å². The number of rotatable bonds is 5. The van der Waals surface area contributed by atoms with E-state index >= 15 is 0 Å². The number of fused-ring (bicyclic) bond motifs is 2. The van der Waals surface area contributed by atoms with E-state index in [1.807, 2.05) is 0 Å². The third-order valence-electron chi connectivity index (χ3n) is 6.26. The minimum Gasteiger partial charge on any atom is -0.326 e. The molecule has 4 rings (SSSR count). The van der Waals surface area contributed by atoms with Gasteiger partial charge in [0, 0.05) is 30.8 Å². The third-order valence-corrected chi connectivity index (χ3v) is 6.26. The predicted octanol–water partition coefficient (Wildman–Crippen LogP) is 5.85. The maximum atomic E-state index is 2.45. The normalized spacial score (nSPS) is 17.3. The third kappa shape index (κ3) is 3.00. The van der Waals surface area contributed by atoms with Gasteiger partial charge in [0.25, 0.3) is 0 Å². The summed E-state index contributed by atoms with van der Waals surface area (Å²) in [5.74, 6) is 1.25. The van der Waals surface area contributed by atoms with Crippen molar-refractivity contribution in [3.05, 3.63) is 78.1 Å². The molecule has 0 saturated heterocycles. The smallest absolute Gasteiger partial charge is 0.209 e. The van der Waals surface area contributed by atoms with Gasteiger partial charge in [0.2, 0.25) is 5.69 Å². The number of hydrogen-bond acceptors (Lipinski definition) is 2. The van der Waals surface area contributed by atoms with Crippen LogP contribution in [0, 0.1) is 0 Å². The zero-order chi connectivity index (χ0) is 20.6. The lowest BCUT2D eigenvalue weighted by Crippen LogP contribution is -2.28. The second-order valence-corrected chi connectivity index (χ2v) is 8.13. The summed E-state index contributed by atoms with van der Waals surface area (Å²) in [5, 5.41) is 0. The van der Waals surface area contributed by atoms with Gasteiger partial charge in [-0.2, -0.15) is 4.58 Å². The Labute approximate surface area is 175 Å². The van der Waals surface area contributed by atoms with E-state index in [2.05, 4.69) is 116 Å². The van der Waals surface area contributed by atoms with Gasteiger partial charge in [-0.1, -0.05) is 36.4 Å². The van der Waals surface area contributed by atoms with Gasteiger partial charge in [0.15, 0.2) is 5.71 Å². The molecule has 3 nitrogen and oxygen atoms in total. The predicted molar refractivity (Wildman–Crippen MR) is 125 cm³/mol. The molecule has 3 heteroatoms. The van der Waals surface area contributed by atoms with Crippen molar-refractivity contribution in [2.45, 2.75) is 40.0 Å². The van der Waals surface area contributed by atoms with Crippen molar-refractivity contribution in [1.29, 1.82) is 0 Å². The maximum absolute atomic E-state index is 2.45. The summed E-state index contributed by atoms with van der Waals surface area (Å²) in [6.45, 7) is 14.2. The van der Waals surface area contributed by atoms with Crippen LogP contribution in [0.5, 0.6) is 0 Å². The summed E-state index contributed by atoms with van der Waals surface area (Å²) >= 11 is 0. The molecule has 0 spiro atoms. The van der Waals surface area contributed by atoms with Gasteiger partial charge >= 0.3 is 0 Å². The molecule has 150 valence electrons. The molecule has 0 aromatic heterocycles. The number of hydrogen-bond donors (Lipinski definition) is 0. The van der Waals surface area contributed by atoms with Gasteiger partial charge in [-0.25, -0.2) is 0 Å². The number of para-hydroxylation sites is 3. The highest BCUT2D eigenvalue weighted by molar-refractivity contribution is 6.03. The summed E-state index contributed by atoms with van der Waals surface area (Å²) in [7, 11) is 0. The lowest BCUT2D eigenvalue weighted by Gasteiger charge is -2.23. The minimum atomic E-state index is 0.00906.